The number of hydrogen-bond acceptors (Lipinski definition) is 4. The molecule has 1 aliphatic rings. The molecule has 4 aromatic rings. The third-order valence-electron chi connectivity index (χ3n) is 5.27. The second-order valence-corrected chi connectivity index (χ2v) is 7.58. The van der Waals surface area contributed by atoms with E-state index in [1.165, 1.54) is 0 Å². The number of carbonyl (C=O) groups is 2. The van der Waals surface area contributed by atoms with Crippen LogP contribution in [-0.4, -0.2) is 21.8 Å². The molecular formula is C22H16ClN3O3. The molecular weight excluding hydrogens is 390 g/mol. The number of halogens is 1. The number of imide groups is 1. The van der Waals surface area contributed by atoms with E-state index in [0.717, 1.165) is 21.2 Å². The van der Waals surface area contributed by atoms with E-state index in [-0.39, 0.29) is 11.7 Å². The zero-order valence-electron chi connectivity index (χ0n) is 15.5. The highest BCUT2D eigenvalue weighted by Gasteiger charge is 2.51. The summed E-state index contributed by atoms with van der Waals surface area (Å²) in [5.74, 6) is -0.00642. The molecule has 6 nitrogen and oxygen atoms in total. The van der Waals surface area contributed by atoms with Crippen LogP contribution in [-0.2, 0) is 16.9 Å². The second-order valence-electron chi connectivity index (χ2n) is 7.23. The Morgan fingerprint density at radius 3 is 2.59 bits per heavy atom. The number of urea groups is 1. The Hall–Kier alpha value is -3.38. The molecule has 2 aromatic heterocycles. The Labute approximate surface area is 171 Å². The quantitative estimate of drug-likeness (QED) is 0.399. The Morgan fingerprint density at radius 2 is 1.79 bits per heavy atom. The molecule has 0 unspecified atom stereocenters. The number of hydrogen-bond donors (Lipinski definition) is 1. The number of para-hydroxylation sites is 2. The highest BCUT2D eigenvalue weighted by molar-refractivity contribution is 6.30. The third-order valence-corrected chi connectivity index (χ3v) is 5.60. The molecule has 0 spiro atoms. The molecule has 0 aliphatic carbocycles. The van der Waals surface area contributed by atoms with Gasteiger partial charge in [0.15, 0.2) is 5.54 Å². The maximum atomic E-state index is 13.2. The van der Waals surface area contributed by atoms with Crippen LogP contribution in [0, 0.1) is 0 Å². The van der Waals surface area contributed by atoms with Crippen LogP contribution >= 0.6 is 11.6 Å². The lowest BCUT2D eigenvalue weighted by molar-refractivity contribution is -0.132. The Bertz CT molecular complexity index is 1270. The number of furan rings is 1. The van der Waals surface area contributed by atoms with Crippen LogP contribution in [0.15, 0.2) is 65.1 Å². The molecule has 2 aromatic carbocycles. The van der Waals surface area contributed by atoms with Gasteiger partial charge in [0.1, 0.15) is 16.5 Å². The first-order valence-corrected chi connectivity index (χ1v) is 9.51. The van der Waals surface area contributed by atoms with Crippen LogP contribution in [0.4, 0.5) is 4.79 Å². The molecule has 144 valence electrons. The van der Waals surface area contributed by atoms with E-state index in [1.54, 1.807) is 13.0 Å². The van der Waals surface area contributed by atoms with Crippen molar-refractivity contribution < 1.29 is 14.0 Å². The molecule has 1 saturated heterocycles. The minimum Gasteiger partial charge on any atom is -0.458 e. The van der Waals surface area contributed by atoms with Crippen LogP contribution in [0.5, 0.6) is 0 Å². The zero-order valence-corrected chi connectivity index (χ0v) is 16.2. The molecule has 3 amide bonds. The predicted octanol–water partition coefficient (Wildman–Crippen LogP) is 4.60. The third kappa shape index (κ3) is 2.76. The lowest BCUT2D eigenvalue weighted by atomic mass is 9.98. The first kappa shape index (κ1) is 17.7. The van der Waals surface area contributed by atoms with E-state index in [2.05, 4.69) is 10.3 Å². The van der Waals surface area contributed by atoms with Gasteiger partial charge in [-0.2, -0.15) is 0 Å². The van der Waals surface area contributed by atoms with Crippen molar-refractivity contribution in [2.45, 2.75) is 19.0 Å². The van der Waals surface area contributed by atoms with E-state index < -0.39 is 17.5 Å². The summed E-state index contributed by atoms with van der Waals surface area (Å²) in [6.45, 7) is 1.67. The second kappa shape index (κ2) is 6.32. The highest BCUT2D eigenvalue weighted by Crippen LogP contribution is 2.34. The maximum Gasteiger partial charge on any atom is 0.325 e. The first-order chi connectivity index (χ1) is 14.0. The van der Waals surface area contributed by atoms with Crippen molar-refractivity contribution in [2.24, 2.45) is 0 Å². The fourth-order valence-electron chi connectivity index (χ4n) is 3.65. The molecule has 1 fully saturated rings. The molecule has 0 bridgehead atoms. The molecule has 0 radical (unpaired) electrons. The summed E-state index contributed by atoms with van der Waals surface area (Å²) >= 11 is 6.32. The fraction of sp³-hybridized carbons (Fsp3) is 0.136. The number of amides is 3. The topological polar surface area (TPSA) is 75.4 Å². The Morgan fingerprint density at radius 1 is 1.07 bits per heavy atom. The van der Waals surface area contributed by atoms with Gasteiger partial charge >= 0.3 is 6.03 Å². The molecule has 1 aliphatic heterocycles. The van der Waals surface area contributed by atoms with Gasteiger partial charge in [0.05, 0.1) is 12.1 Å². The standard InChI is InChI=1S/C22H16ClN3O3/c1-22(18-11-14-7-3-5-9-17(14)29-18)20(27)26(21(28)25-22)12-15-10-13-6-2-4-8-16(13)24-19(15)23/h2-11H,12H2,1H3,(H,25,28)/t22-/m1/s1. The van der Waals surface area contributed by atoms with Gasteiger partial charge in [0, 0.05) is 16.3 Å². The lowest BCUT2D eigenvalue weighted by Gasteiger charge is -2.19. The number of aromatic nitrogens is 1. The molecule has 1 atom stereocenters. The average molecular weight is 406 g/mol. The molecule has 5 rings (SSSR count). The van der Waals surface area contributed by atoms with Crippen molar-refractivity contribution in [2.75, 3.05) is 0 Å². The summed E-state index contributed by atoms with van der Waals surface area (Å²) in [4.78, 5) is 31.4. The maximum absolute atomic E-state index is 13.2. The van der Waals surface area contributed by atoms with Gasteiger partial charge in [-0.1, -0.05) is 48.0 Å². The number of carbonyl (C=O) groups excluding carboxylic acids is 2. The van der Waals surface area contributed by atoms with Gasteiger partial charge in [0.25, 0.3) is 5.91 Å². The summed E-state index contributed by atoms with van der Waals surface area (Å²) < 4.78 is 5.85. The van der Waals surface area contributed by atoms with E-state index in [1.807, 2.05) is 54.6 Å². The smallest absolute Gasteiger partial charge is 0.325 e. The summed E-state index contributed by atoms with van der Waals surface area (Å²) in [5.41, 5.74) is 0.728. The summed E-state index contributed by atoms with van der Waals surface area (Å²) in [6.07, 6.45) is 0. The fourth-order valence-corrected chi connectivity index (χ4v) is 3.86. The van der Waals surface area contributed by atoms with Crippen molar-refractivity contribution in [3.8, 4) is 0 Å². The average Bonchev–Trinajstić information content (AvgIpc) is 3.24. The Kier molecular flexibility index (Phi) is 3.86. The van der Waals surface area contributed by atoms with Crippen molar-refractivity contribution in [3.05, 3.63) is 77.1 Å². The van der Waals surface area contributed by atoms with E-state index >= 15 is 0 Å². The molecule has 0 saturated carbocycles. The molecule has 29 heavy (non-hydrogen) atoms. The van der Waals surface area contributed by atoms with E-state index in [4.69, 9.17) is 16.0 Å². The molecule has 7 heteroatoms. The number of rotatable bonds is 3. The number of pyridine rings is 1. The minimum absolute atomic E-state index is 0.0250. The van der Waals surface area contributed by atoms with Gasteiger partial charge in [-0.3, -0.25) is 9.69 Å². The summed E-state index contributed by atoms with van der Waals surface area (Å²) in [6, 6.07) is 18.1. The van der Waals surface area contributed by atoms with Gasteiger partial charge in [-0.05, 0) is 31.2 Å². The number of nitrogens with one attached hydrogen (secondary N) is 1. The Balaban J connectivity index is 1.50. The minimum atomic E-state index is -1.28. The van der Waals surface area contributed by atoms with E-state index in [9.17, 15) is 9.59 Å². The summed E-state index contributed by atoms with van der Waals surface area (Å²) in [5, 5.41) is 4.78. The van der Waals surface area contributed by atoms with Crippen molar-refractivity contribution >= 4 is 45.4 Å². The lowest BCUT2D eigenvalue weighted by Crippen LogP contribution is -2.40. The van der Waals surface area contributed by atoms with Gasteiger partial charge < -0.3 is 9.73 Å². The van der Waals surface area contributed by atoms with Crippen LogP contribution in [0.3, 0.4) is 0 Å². The SMILES string of the molecule is C[C@]1(c2cc3ccccc3o2)NC(=O)N(Cc2cc3ccccc3nc2Cl)C1=O. The van der Waals surface area contributed by atoms with Crippen LogP contribution in [0.2, 0.25) is 5.15 Å². The van der Waals surface area contributed by atoms with Crippen LogP contribution < -0.4 is 5.32 Å². The number of nitrogens with zero attached hydrogens (tertiary/aromatic N) is 2. The predicted molar refractivity (Wildman–Crippen MR) is 109 cm³/mol. The van der Waals surface area contributed by atoms with Crippen LogP contribution in [0.25, 0.3) is 21.9 Å². The normalized spacial score (nSPS) is 19.3. The van der Waals surface area contributed by atoms with Crippen LogP contribution in [0.1, 0.15) is 18.2 Å². The summed E-state index contributed by atoms with van der Waals surface area (Å²) in [7, 11) is 0. The first-order valence-electron chi connectivity index (χ1n) is 9.13. The van der Waals surface area contributed by atoms with E-state index in [0.29, 0.717) is 16.9 Å². The largest absolute Gasteiger partial charge is 0.458 e. The molecule has 1 N–H and O–H groups in total. The van der Waals surface area contributed by atoms with Crippen molar-refractivity contribution in [1.29, 1.82) is 0 Å². The van der Waals surface area contributed by atoms with Crippen molar-refractivity contribution in [3.63, 3.8) is 0 Å². The van der Waals surface area contributed by atoms with Gasteiger partial charge in [-0.15, -0.1) is 0 Å². The van der Waals surface area contributed by atoms with Crippen molar-refractivity contribution in [1.82, 2.24) is 15.2 Å². The number of benzene rings is 2. The van der Waals surface area contributed by atoms with Gasteiger partial charge in [-0.25, -0.2) is 9.78 Å². The highest BCUT2D eigenvalue weighted by atomic mass is 35.5. The van der Waals surface area contributed by atoms with Gasteiger partial charge in [0.2, 0.25) is 0 Å². The number of fused-ring (bicyclic) bond motifs is 2. The molecule has 3 heterocycles. The zero-order chi connectivity index (χ0) is 20.2. The monoisotopic (exact) mass is 405 g/mol.